The maximum atomic E-state index is 5.67. The van der Waals surface area contributed by atoms with Crippen LogP contribution in [0.2, 0.25) is 0 Å². The van der Waals surface area contributed by atoms with Crippen molar-refractivity contribution >= 4 is 17.6 Å². The average Bonchev–Trinajstić information content (AvgIpc) is 2.11. The third kappa shape index (κ3) is 3.25. The van der Waals surface area contributed by atoms with Gasteiger partial charge in [-0.1, -0.05) is 13.8 Å². The standard InChI is InChI=1S/C11H21N5/c1-7(2)6-16(8(3)4)10-5-9(12)14-11(13)15-10/h5,7-8H,6H2,1-4H3,(H4,12,13,14,15). The second kappa shape index (κ2) is 5.01. The normalized spacial score (nSPS) is 11.1. The number of nitrogens with two attached hydrogens (primary N) is 2. The van der Waals surface area contributed by atoms with E-state index in [-0.39, 0.29) is 5.95 Å². The predicted molar refractivity (Wildman–Crippen MR) is 68.2 cm³/mol. The number of anilines is 3. The highest BCUT2D eigenvalue weighted by atomic mass is 15.2. The molecule has 0 aliphatic heterocycles. The van der Waals surface area contributed by atoms with Gasteiger partial charge in [-0.2, -0.15) is 9.97 Å². The van der Waals surface area contributed by atoms with Crippen LogP contribution < -0.4 is 16.4 Å². The highest BCUT2D eigenvalue weighted by Gasteiger charge is 2.14. The van der Waals surface area contributed by atoms with E-state index in [2.05, 4.69) is 42.6 Å². The van der Waals surface area contributed by atoms with Crippen molar-refractivity contribution in [1.82, 2.24) is 9.97 Å². The summed E-state index contributed by atoms with van der Waals surface area (Å²) in [6, 6.07) is 2.12. The van der Waals surface area contributed by atoms with Gasteiger partial charge in [0.1, 0.15) is 11.6 Å². The van der Waals surface area contributed by atoms with E-state index in [4.69, 9.17) is 11.5 Å². The average molecular weight is 223 g/mol. The highest BCUT2D eigenvalue weighted by molar-refractivity contribution is 5.50. The van der Waals surface area contributed by atoms with E-state index in [1.165, 1.54) is 0 Å². The van der Waals surface area contributed by atoms with Gasteiger partial charge in [0.05, 0.1) is 0 Å². The fourth-order valence-corrected chi connectivity index (χ4v) is 1.58. The first-order valence-electron chi connectivity index (χ1n) is 5.56. The Kier molecular flexibility index (Phi) is 3.93. The molecular formula is C11H21N5. The molecule has 1 rings (SSSR count). The van der Waals surface area contributed by atoms with Crippen LogP contribution in [0, 0.1) is 5.92 Å². The molecule has 1 heterocycles. The third-order valence-electron chi connectivity index (χ3n) is 2.23. The van der Waals surface area contributed by atoms with Crippen LogP contribution in [0.1, 0.15) is 27.7 Å². The molecule has 4 N–H and O–H groups in total. The Morgan fingerprint density at radius 2 is 1.81 bits per heavy atom. The Morgan fingerprint density at radius 1 is 1.19 bits per heavy atom. The lowest BCUT2D eigenvalue weighted by molar-refractivity contribution is 0.566. The van der Waals surface area contributed by atoms with Gasteiger partial charge in [0, 0.05) is 18.7 Å². The second-order valence-electron chi connectivity index (χ2n) is 4.65. The maximum absolute atomic E-state index is 5.67. The molecule has 0 amide bonds. The molecule has 0 unspecified atom stereocenters. The third-order valence-corrected chi connectivity index (χ3v) is 2.23. The molecule has 90 valence electrons. The monoisotopic (exact) mass is 223 g/mol. The molecule has 5 nitrogen and oxygen atoms in total. The summed E-state index contributed by atoms with van der Waals surface area (Å²) in [5.74, 6) is 2.00. The van der Waals surface area contributed by atoms with Crippen molar-refractivity contribution in [2.45, 2.75) is 33.7 Å². The smallest absolute Gasteiger partial charge is 0.223 e. The van der Waals surface area contributed by atoms with Crippen molar-refractivity contribution in [3.63, 3.8) is 0 Å². The molecule has 0 fully saturated rings. The zero-order chi connectivity index (χ0) is 12.3. The van der Waals surface area contributed by atoms with Gasteiger partial charge in [0.15, 0.2) is 0 Å². The molecule has 0 spiro atoms. The highest BCUT2D eigenvalue weighted by Crippen LogP contribution is 2.18. The van der Waals surface area contributed by atoms with Crippen molar-refractivity contribution < 1.29 is 0 Å². The van der Waals surface area contributed by atoms with E-state index in [1.807, 2.05) is 0 Å². The number of nitrogens with zero attached hydrogens (tertiary/aromatic N) is 3. The minimum atomic E-state index is 0.226. The van der Waals surface area contributed by atoms with E-state index in [9.17, 15) is 0 Å². The van der Waals surface area contributed by atoms with E-state index in [0.29, 0.717) is 17.8 Å². The zero-order valence-corrected chi connectivity index (χ0v) is 10.4. The van der Waals surface area contributed by atoms with Crippen LogP contribution in [0.3, 0.4) is 0 Å². The van der Waals surface area contributed by atoms with Gasteiger partial charge in [-0.25, -0.2) is 0 Å². The summed E-state index contributed by atoms with van der Waals surface area (Å²) >= 11 is 0. The lowest BCUT2D eigenvalue weighted by atomic mass is 10.2. The van der Waals surface area contributed by atoms with Gasteiger partial charge in [-0.05, 0) is 19.8 Å². The number of hydrogen-bond donors (Lipinski definition) is 2. The van der Waals surface area contributed by atoms with Crippen LogP contribution in [-0.2, 0) is 0 Å². The van der Waals surface area contributed by atoms with Crippen LogP contribution in [0.25, 0.3) is 0 Å². The molecule has 0 aromatic carbocycles. The van der Waals surface area contributed by atoms with Crippen LogP contribution in [-0.4, -0.2) is 22.6 Å². The Bertz CT molecular complexity index is 328. The molecule has 0 aliphatic rings. The molecule has 0 aliphatic carbocycles. The lowest BCUT2D eigenvalue weighted by Gasteiger charge is -2.29. The summed E-state index contributed by atoms with van der Waals surface area (Å²) in [5, 5.41) is 0. The van der Waals surface area contributed by atoms with E-state index < -0.39 is 0 Å². The van der Waals surface area contributed by atoms with Crippen molar-refractivity contribution in [2.75, 3.05) is 22.9 Å². The van der Waals surface area contributed by atoms with Crippen molar-refractivity contribution in [3.8, 4) is 0 Å². The molecule has 0 atom stereocenters. The molecule has 1 aromatic rings. The summed E-state index contributed by atoms with van der Waals surface area (Å²) in [6.45, 7) is 9.51. The fraction of sp³-hybridized carbons (Fsp3) is 0.636. The first kappa shape index (κ1) is 12.5. The molecule has 5 heteroatoms. The Morgan fingerprint density at radius 3 is 2.25 bits per heavy atom. The van der Waals surface area contributed by atoms with E-state index in [0.717, 1.165) is 12.4 Å². The molecular weight excluding hydrogens is 202 g/mol. The molecule has 0 saturated carbocycles. The van der Waals surface area contributed by atoms with E-state index in [1.54, 1.807) is 6.07 Å². The minimum Gasteiger partial charge on any atom is -0.383 e. The lowest BCUT2D eigenvalue weighted by Crippen LogP contribution is -2.35. The zero-order valence-electron chi connectivity index (χ0n) is 10.4. The van der Waals surface area contributed by atoms with Crippen molar-refractivity contribution in [3.05, 3.63) is 6.07 Å². The van der Waals surface area contributed by atoms with Crippen LogP contribution in [0.15, 0.2) is 6.07 Å². The quantitative estimate of drug-likeness (QED) is 0.808. The van der Waals surface area contributed by atoms with Crippen LogP contribution in [0.5, 0.6) is 0 Å². The van der Waals surface area contributed by atoms with Gasteiger partial charge >= 0.3 is 0 Å². The summed E-state index contributed by atoms with van der Waals surface area (Å²) in [6.07, 6.45) is 0. The molecule has 1 aromatic heterocycles. The SMILES string of the molecule is CC(C)CN(c1cc(N)nc(N)n1)C(C)C. The number of hydrogen-bond acceptors (Lipinski definition) is 5. The topological polar surface area (TPSA) is 81.1 Å². The Labute approximate surface area is 96.9 Å². The maximum Gasteiger partial charge on any atom is 0.223 e. The first-order chi connectivity index (χ1) is 7.40. The minimum absolute atomic E-state index is 0.226. The van der Waals surface area contributed by atoms with Gasteiger partial charge < -0.3 is 16.4 Å². The predicted octanol–water partition coefficient (Wildman–Crippen LogP) is 1.51. The molecule has 16 heavy (non-hydrogen) atoms. The fourth-order valence-electron chi connectivity index (χ4n) is 1.58. The molecule has 0 saturated heterocycles. The van der Waals surface area contributed by atoms with Gasteiger partial charge in [0.25, 0.3) is 0 Å². The van der Waals surface area contributed by atoms with Gasteiger partial charge in [-0.15, -0.1) is 0 Å². The number of nitrogen functional groups attached to an aromatic ring is 2. The Balaban J connectivity index is 3.00. The second-order valence-corrected chi connectivity index (χ2v) is 4.65. The first-order valence-corrected chi connectivity index (χ1v) is 5.56. The largest absolute Gasteiger partial charge is 0.383 e. The van der Waals surface area contributed by atoms with Crippen LogP contribution >= 0.6 is 0 Å². The van der Waals surface area contributed by atoms with Crippen molar-refractivity contribution in [1.29, 1.82) is 0 Å². The van der Waals surface area contributed by atoms with Crippen LogP contribution in [0.4, 0.5) is 17.6 Å². The van der Waals surface area contributed by atoms with E-state index >= 15 is 0 Å². The van der Waals surface area contributed by atoms with Gasteiger partial charge in [0.2, 0.25) is 5.95 Å². The number of aromatic nitrogens is 2. The summed E-state index contributed by atoms with van der Waals surface area (Å²) in [7, 11) is 0. The summed E-state index contributed by atoms with van der Waals surface area (Å²) in [5.41, 5.74) is 11.3. The Hall–Kier alpha value is -1.52. The number of rotatable bonds is 4. The van der Waals surface area contributed by atoms with Crippen molar-refractivity contribution in [2.24, 2.45) is 5.92 Å². The van der Waals surface area contributed by atoms with Gasteiger partial charge in [-0.3, -0.25) is 0 Å². The summed E-state index contributed by atoms with van der Waals surface area (Å²) < 4.78 is 0. The molecule has 0 radical (unpaired) electrons. The molecule has 0 bridgehead atoms. The summed E-state index contributed by atoms with van der Waals surface area (Å²) in [4.78, 5) is 10.3.